The van der Waals surface area contributed by atoms with Crippen LogP contribution in [-0.4, -0.2) is 71.2 Å². The van der Waals surface area contributed by atoms with E-state index in [2.05, 4.69) is 39.2 Å². The van der Waals surface area contributed by atoms with E-state index in [0.29, 0.717) is 41.0 Å². The Hall–Kier alpha value is -4.51. The van der Waals surface area contributed by atoms with E-state index in [1.54, 1.807) is 24.4 Å². The number of hydrogen-bond donors (Lipinski definition) is 2. The molecule has 0 spiro atoms. The van der Waals surface area contributed by atoms with E-state index >= 15 is 0 Å². The molecule has 1 fully saturated rings. The van der Waals surface area contributed by atoms with Gasteiger partial charge in [-0.15, -0.1) is 4.68 Å². The molecule has 0 radical (unpaired) electrons. The second-order valence-corrected chi connectivity index (χ2v) is 9.17. The summed E-state index contributed by atoms with van der Waals surface area (Å²) in [6, 6.07) is 10.7. The van der Waals surface area contributed by atoms with Crippen LogP contribution in [0.1, 0.15) is 15.9 Å². The van der Waals surface area contributed by atoms with Crippen molar-refractivity contribution < 1.29 is 14.5 Å². The summed E-state index contributed by atoms with van der Waals surface area (Å²) >= 11 is 0. The van der Waals surface area contributed by atoms with Crippen molar-refractivity contribution in [3.63, 3.8) is 0 Å². The van der Waals surface area contributed by atoms with Crippen molar-refractivity contribution in [2.75, 3.05) is 50.0 Å². The van der Waals surface area contributed by atoms with Gasteiger partial charge in [-0.2, -0.15) is 0 Å². The van der Waals surface area contributed by atoms with Gasteiger partial charge in [0.1, 0.15) is 5.56 Å². The lowest BCUT2D eigenvalue weighted by atomic mass is 9.96. The first-order valence-electron chi connectivity index (χ1n) is 12.0. The van der Waals surface area contributed by atoms with Crippen LogP contribution in [0.15, 0.2) is 55.3 Å². The number of benzene rings is 2. The number of carbonyl (C=O) groups excluding carboxylic acids is 2. The van der Waals surface area contributed by atoms with Gasteiger partial charge in [0.05, 0.1) is 17.0 Å². The van der Waals surface area contributed by atoms with E-state index < -0.39 is 4.92 Å². The minimum Gasteiger partial charge on any atom is -0.369 e. The van der Waals surface area contributed by atoms with Gasteiger partial charge in [0.2, 0.25) is 5.91 Å². The number of nitrogens with one attached hydrogen (secondary N) is 2. The number of amides is 2. The normalized spacial score (nSPS) is 15.6. The smallest absolute Gasteiger partial charge is 0.369 e. The molecule has 1 saturated heterocycles. The maximum absolute atomic E-state index is 12.1. The summed E-state index contributed by atoms with van der Waals surface area (Å²) in [5.74, 6) is -0.790. The molecule has 0 saturated carbocycles. The quantitative estimate of drug-likeness (QED) is 0.302. The second kappa shape index (κ2) is 9.86. The van der Waals surface area contributed by atoms with Gasteiger partial charge in [-0.25, -0.2) is 0 Å². The average Bonchev–Trinajstić information content (AvgIpc) is 3.35. The fourth-order valence-corrected chi connectivity index (χ4v) is 4.67. The Morgan fingerprint density at radius 3 is 2.62 bits per heavy atom. The molecule has 2 aromatic carbocycles. The van der Waals surface area contributed by atoms with Gasteiger partial charge < -0.3 is 30.5 Å². The highest BCUT2D eigenvalue weighted by atomic mass is 16.6. The Balaban J connectivity index is 1.58. The fraction of sp³-hybridized carbons (Fsp3) is 0.269. The van der Waals surface area contributed by atoms with Gasteiger partial charge in [-0.05, 0) is 65.9 Å². The fourth-order valence-electron chi connectivity index (χ4n) is 4.67. The van der Waals surface area contributed by atoms with E-state index in [1.165, 1.54) is 10.8 Å². The van der Waals surface area contributed by atoms with Gasteiger partial charge in [0, 0.05) is 49.7 Å². The van der Waals surface area contributed by atoms with E-state index in [4.69, 9.17) is 0 Å². The number of rotatable bonds is 6. The molecule has 5 rings (SSSR count). The molecular weight excluding hydrogens is 474 g/mol. The van der Waals surface area contributed by atoms with E-state index in [0.717, 1.165) is 37.4 Å². The highest BCUT2D eigenvalue weighted by Crippen LogP contribution is 2.33. The summed E-state index contributed by atoms with van der Waals surface area (Å²) in [6.07, 6.45) is 3.46. The van der Waals surface area contributed by atoms with Gasteiger partial charge in [-0.3, -0.25) is 9.59 Å². The molecule has 0 bridgehead atoms. The lowest BCUT2D eigenvalue weighted by Gasteiger charge is -2.34. The largest absolute Gasteiger partial charge is 0.398 e. The van der Waals surface area contributed by atoms with Crippen LogP contribution in [0.5, 0.6) is 0 Å². The van der Waals surface area contributed by atoms with Crippen LogP contribution >= 0.6 is 0 Å². The topological polar surface area (TPSA) is 126 Å². The van der Waals surface area contributed by atoms with Gasteiger partial charge in [0.15, 0.2) is 0 Å². The predicted octanol–water partition coefficient (Wildman–Crippen LogP) is 2.61. The molecule has 0 aliphatic carbocycles. The predicted molar refractivity (Wildman–Crippen MR) is 140 cm³/mol. The lowest BCUT2D eigenvalue weighted by molar-refractivity contribution is -0.389. The van der Waals surface area contributed by atoms with Crippen molar-refractivity contribution in [3.05, 3.63) is 76.5 Å². The SMILES string of the molecule is C=CC(=O)Nc1cc(N2CCN(C)CC2)cc(-n2cc(-c3ccc4c(c3)CCNC4=O)c([N+](=O)[O-])n2)c1. The third-order valence-corrected chi connectivity index (χ3v) is 6.70. The average molecular weight is 502 g/mol. The highest BCUT2D eigenvalue weighted by molar-refractivity contribution is 5.99. The first-order valence-corrected chi connectivity index (χ1v) is 12.0. The van der Waals surface area contributed by atoms with Crippen molar-refractivity contribution in [1.82, 2.24) is 20.0 Å². The molecule has 2 aliphatic rings. The van der Waals surface area contributed by atoms with Crippen LogP contribution in [0.4, 0.5) is 17.2 Å². The number of hydrogen-bond acceptors (Lipinski definition) is 7. The maximum atomic E-state index is 12.1. The molecule has 1 aromatic heterocycles. The van der Waals surface area contributed by atoms with Gasteiger partial charge in [-0.1, -0.05) is 12.6 Å². The number of aromatic nitrogens is 2. The standard InChI is InChI=1S/C26H27N7O4/c1-3-24(34)28-19-13-20(31-10-8-30(2)9-11-31)15-21(14-19)32-16-23(25(29-32)33(36)37)17-4-5-22-18(12-17)6-7-27-26(22)35/h3-5,12-16H,1,6-11H2,2H3,(H,27,35)(H,28,34). The Morgan fingerprint density at radius 1 is 1.14 bits per heavy atom. The van der Waals surface area contributed by atoms with E-state index in [-0.39, 0.29) is 17.6 Å². The summed E-state index contributed by atoms with van der Waals surface area (Å²) < 4.78 is 1.46. The molecule has 2 N–H and O–H groups in total. The number of likely N-dealkylation sites (N-methyl/N-ethyl adjacent to an activating group) is 1. The molecule has 190 valence electrons. The second-order valence-electron chi connectivity index (χ2n) is 9.17. The van der Waals surface area contributed by atoms with Crippen LogP contribution in [-0.2, 0) is 11.2 Å². The van der Waals surface area contributed by atoms with Crippen LogP contribution in [0.25, 0.3) is 16.8 Å². The summed E-state index contributed by atoms with van der Waals surface area (Å²) in [4.78, 5) is 40.1. The van der Waals surface area contributed by atoms with Crippen molar-refractivity contribution in [2.45, 2.75) is 6.42 Å². The molecule has 2 amide bonds. The molecule has 11 heteroatoms. The molecule has 0 atom stereocenters. The Morgan fingerprint density at radius 2 is 1.89 bits per heavy atom. The number of carbonyl (C=O) groups is 2. The molecule has 0 unspecified atom stereocenters. The van der Waals surface area contributed by atoms with Gasteiger partial charge >= 0.3 is 5.82 Å². The Labute approximate surface area is 213 Å². The lowest BCUT2D eigenvalue weighted by Crippen LogP contribution is -2.44. The number of anilines is 2. The molecule has 37 heavy (non-hydrogen) atoms. The zero-order valence-electron chi connectivity index (χ0n) is 20.4. The maximum Gasteiger partial charge on any atom is 0.398 e. The van der Waals surface area contributed by atoms with Crippen LogP contribution in [0.3, 0.4) is 0 Å². The zero-order valence-corrected chi connectivity index (χ0v) is 20.4. The molecule has 3 heterocycles. The van der Waals surface area contributed by atoms with Crippen molar-refractivity contribution in [3.8, 4) is 16.8 Å². The van der Waals surface area contributed by atoms with Crippen LogP contribution in [0.2, 0.25) is 0 Å². The monoisotopic (exact) mass is 501 g/mol. The summed E-state index contributed by atoms with van der Waals surface area (Å²) in [5.41, 5.74) is 4.37. The van der Waals surface area contributed by atoms with Gasteiger partial charge in [0.25, 0.3) is 5.91 Å². The minimum atomic E-state index is -0.511. The van der Waals surface area contributed by atoms with Crippen molar-refractivity contribution in [2.24, 2.45) is 0 Å². The number of nitrogens with zero attached hydrogens (tertiary/aromatic N) is 5. The molecular formula is C26H27N7O4. The highest BCUT2D eigenvalue weighted by Gasteiger charge is 2.26. The van der Waals surface area contributed by atoms with Crippen LogP contribution < -0.4 is 15.5 Å². The van der Waals surface area contributed by atoms with Crippen molar-refractivity contribution in [1.29, 1.82) is 0 Å². The third kappa shape index (κ3) is 4.94. The number of nitro groups is 1. The first kappa shape index (κ1) is 24.2. The zero-order chi connectivity index (χ0) is 26.1. The summed E-state index contributed by atoms with van der Waals surface area (Å²) in [6.45, 7) is 7.44. The van der Waals surface area contributed by atoms with E-state index in [9.17, 15) is 19.7 Å². The summed E-state index contributed by atoms with van der Waals surface area (Å²) in [5, 5.41) is 21.9. The van der Waals surface area contributed by atoms with E-state index in [1.807, 2.05) is 18.2 Å². The summed E-state index contributed by atoms with van der Waals surface area (Å²) in [7, 11) is 2.07. The molecule has 3 aromatic rings. The first-order chi connectivity index (χ1) is 17.8. The minimum absolute atomic E-state index is 0.146. The Kier molecular flexibility index (Phi) is 6.45. The number of piperazine rings is 1. The Bertz CT molecular complexity index is 1410. The van der Waals surface area contributed by atoms with Crippen molar-refractivity contribution >= 4 is 29.0 Å². The molecule has 11 nitrogen and oxygen atoms in total. The number of fused-ring (bicyclic) bond motifs is 1. The van der Waals surface area contributed by atoms with Crippen LogP contribution in [0, 0.1) is 10.1 Å². The molecule has 2 aliphatic heterocycles. The third-order valence-electron chi connectivity index (χ3n) is 6.70.